The van der Waals surface area contributed by atoms with Crippen LogP contribution in [0.15, 0.2) is 56.6 Å². The fourth-order valence-electron chi connectivity index (χ4n) is 2.96. The number of halogens is 1. The average Bonchev–Trinajstić information content (AvgIpc) is 3.24. The van der Waals surface area contributed by atoms with Gasteiger partial charge in [-0.3, -0.25) is 13.9 Å². The number of fused-ring (bicyclic) bond motifs is 1. The van der Waals surface area contributed by atoms with Gasteiger partial charge in [-0.25, -0.2) is 14.8 Å². The van der Waals surface area contributed by atoms with Gasteiger partial charge >= 0.3 is 5.69 Å². The van der Waals surface area contributed by atoms with Crippen molar-refractivity contribution in [2.75, 3.05) is 0 Å². The van der Waals surface area contributed by atoms with E-state index in [-0.39, 0.29) is 5.56 Å². The molecule has 3 aromatic heterocycles. The molecule has 4 rings (SSSR count). The summed E-state index contributed by atoms with van der Waals surface area (Å²) in [6.07, 6.45) is 3.53. The van der Waals surface area contributed by atoms with E-state index in [1.165, 1.54) is 23.4 Å². The molecule has 144 valence electrons. The van der Waals surface area contributed by atoms with Crippen molar-refractivity contribution in [1.29, 1.82) is 0 Å². The molecule has 0 atom stereocenters. The summed E-state index contributed by atoms with van der Waals surface area (Å²) in [5.41, 5.74) is 0.879. The number of benzene rings is 1. The van der Waals surface area contributed by atoms with Crippen LogP contribution in [-0.4, -0.2) is 28.2 Å². The van der Waals surface area contributed by atoms with Crippen molar-refractivity contribution in [2.24, 2.45) is 21.1 Å². The second-order valence-electron chi connectivity index (χ2n) is 6.41. The number of aryl methyl sites for hydroxylation is 2. The Morgan fingerprint density at radius 1 is 1.04 bits per heavy atom. The second kappa shape index (κ2) is 6.99. The van der Waals surface area contributed by atoms with E-state index in [0.29, 0.717) is 27.9 Å². The van der Waals surface area contributed by atoms with Crippen LogP contribution in [-0.2, 0) is 27.7 Å². The number of hydrogen-bond acceptors (Lipinski definition) is 5. The third-order valence-electron chi connectivity index (χ3n) is 4.53. The molecule has 0 radical (unpaired) electrons. The molecule has 0 spiro atoms. The number of nitrogens with zero attached hydrogens (tertiary/aromatic N) is 6. The quantitative estimate of drug-likeness (QED) is 0.508. The molecule has 0 aliphatic carbocycles. The van der Waals surface area contributed by atoms with Crippen LogP contribution in [0.4, 0.5) is 0 Å². The minimum Gasteiger partial charge on any atom is -0.329 e. The summed E-state index contributed by atoms with van der Waals surface area (Å²) in [7, 11) is 4.96. The van der Waals surface area contributed by atoms with Gasteiger partial charge in [0.05, 0.1) is 6.54 Å². The average molecular weight is 417 g/mol. The molecule has 0 bridgehead atoms. The molecular weight excluding hydrogens is 400 g/mol. The van der Waals surface area contributed by atoms with E-state index in [4.69, 9.17) is 11.6 Å². The van der Waals surface area contributed by atoms with Crippen LogP contribution >= 0.6 is 23.4 Å². The van der Waals surface area contributed by atoms with Crippen LogP contribution < -0.4 is 11.2 Å². The third kappa shape index (κ3) is 3.06. The molecule has 0 fully saturated rings. The van der Waals surface area contributed by atoms with E-state index in [9.17, 15) is 9.59 Å². The Morgan fingerprint density at radius 2 is 1.75 bits per heavy atom. The highest BCUT2D eigenvalue weighted by atomic mass is 35.5. The molecule has 0 aliphatic rings. The maximum Gasteiger partial charge on any atom is 0.332 e. The minimum atomic E-state index is -0.415. The molecule has 4 aromatic rings. The topological polar surface area (TPSA) is 79.6 Å². The van der Waals surface area contributed by atoms with Crippen LogP contribution in [0.5, 0.6) is 0 Å². The van der Waals surface area contributed by atoms with Crippen molar-refractivity contribution in [3.63, 3.8) is 0 Å². The van der Waals surface area contributed by atoms with E-state index in [0.717, 1.165) is 15.3 Å². The van der Waals surface area contributed by atoms with Gasteiger partial charge in [-0.15, -0.1) is 0 Å². The van der Waals surface area contributed by atoms with Gasteiger partial charge in [0.1, 0.15) is 0 Å². The maximum atomic E-state index is 12.9. The lowest BCUT2D eigenvalue weighted by Gasteiger charge is -2.09. The second-order valence-corrected chi connectivity index (χ2v) is 7.78. The molecule has 0 saturated heterocycles. The molecule has 0 aliphatic heterocycles. The Morgan fingerprint density at radius 3 is 2.39 bits per heavy atom. The molecule has 8 nitrogen and oxygen atoms in total. The number of aromatic nitrogens is 6. The molecular formula is C18H17ClN6O2S. The molecule has 0 saturated carbocycles. The summed E-state index contributed by atoms with van der Waals surface area (Å²) in [6.45, 7) is 0.411. The van der Waals surface area contributed by atoms with Crippen molar-refractivity contribution < 1.29 is 0 Å². The van der Waals surface area contributed by atoms with Crippen molar-refractivity contribution in [3.05, 3.63) is 68.1 Å². The normalized spacial score (nSPS) is 11.4. The first-order valence-electron chi connectivity index (χ1n) is 8.42. The van der Waals surface area contributed by atoms with Gasteiger partial charge in [0.2, 0.25) is 0 Å². The number of rotatable bonds is 4. The standard InChI is InChI=1S/C18H17ClN6O2S/c1-22-9-8-20-16(22)28-17-21-14-13(15(26)24(3)18(27)23(14)2)25(17)10-11-4-6-12(19)7-5-11/h4-9H,10H2,1-3H3. The maximum absolute atomic E-state index is 12.9. The predicted octanol–water partition coefficient (Wildman–Crippen LogP) is 2.02. The fraction of sp³-hybridized carbons (Fsp3) is 0.222. The van der Waals surface area contributed by atoms with Crippen LogP contribution in [0.25, 0.3) is 11.2 Å². The highest BCUT2D eigenvalue weighted by Crippen LogP contribution is 2.28. The SMILES string of the molecule is Cn1ccnc1Sc1nc2c(c(=O)n(C)c(=O)n2C)n1Cc1ccc(Cl)cc1. The summed E-state index contributed by atoms with van der Waals surface area (Å²) in [5.74, 6) is 0. The zero-order valence-electron chi connectivity index (χ0n) is 15.5. The first kappa shape index (κ1) is 18.6. The molecule has 28 heavy (non-hydrogen) atoms. The monoisotopic (exact) mass is 416 g/mol. The first-order valence-corrected chi connectivity index (χ1v) is 9.62. The Labute approximate surface area is 169 Å². The van der Waals surface area contributed by atoms with Gasteiger partial charge in [0.15, 0.2) is 21.5 Å². The van der Waals surface area contributed by atoms with Crippen molar-refractivity contribution >= 4 is 34.5 Å². The Balaban J connectivity index is 1.96. The molecule has 3 heterocycles. The number of hydrogen-bond donors (Lipinski definition) is 0. The van der Waals surface area contributed by atoms with E-state index in [2.05, 4.69) is 9.97 Å². The van der Waals surface area contributed by atoms with Gasteiger partial charge in [-0.2, -0.15) is 0 Å². The lowest BCUT2D eigenvalue weighted by atomic mass is 10.2. The fourth-order valence-corrected chi connectivity index (χ4v) is 3.96. The van der Waals surface area contributed by atoms with Crippen molar-refractivity contribution in [2.45, 2.75) is 16.9 Å². The zero-order valence-corrected chi connectivity index (χ0v) is 17.0. The summed E-state index contributed by atoms with van der Waals surface area (Å²) >= 11 is 7.33. The van der Waals surface area contributed by atoms with Crippen LogP contribution in [0.2, 0.25) is 5.02 Å². The predicted molar refractivity (Wildman–Crippen MR) is 108 cm³/mol. The van der Waals surface area contributed by atoms with Gasteiger partial charge in [0.25, 0.3) is 5.56 Å². The summed E-state index contributed by atoms with van der Waals surface area (Å²) in [6, 6.07) is 7.40. The van der Waals surface area contributed by atoms with Crippen LogP contribution in [0, 0.1) is 0 Å². The lowest BCUT2D eigenvalue weighted by molar-refractivity contribution is 0.695. The molecule has 0 unspecified atom stereocenters. The lowest BCUT2D eigenvalue weighted by Crippen LogP contribution is -2.37. The molecule has 10 heteroatoms. The van der Waals surface area contributed by atoms with Gasteiger partial charge in [-0.05, 0) is 29.5 Å². The largest absolute Gasteiger partial charge is 0.332 e. The van der Waals surface area contributed by atoms with Gasteiger partial charge in [0, 0.05) is 38.6 Å². The molecule has 1 aromatic carbocycles. The van der Waals surface area contributed by atoms with E-state index in [1.807, 2.05) is 34.5 Å². The summed E-state index contributed by atoms with van der Waals surface area (Å²) in [4.78, 5) is 34.1. The minimum absolute atomic E-state index is 0.346. The van der Waals surface area contributed by atoms with E-state index in [1.54, 1.807) is 25.4 Å². The summed E-state index contributed by atoms with van der Waals surface area (Å²) in [5, 5.41) is 1.95. The highest BCUT2D eigenvalue weighted by Gasteiger charge is 2.21. The highest BCUT2D eigenvalue weighted by molar-refractivity contribution is 7.99. The number of imidazole rings is 2. The zero-order chi connectivity index (χ0) is 20.0. The third-order valence-corrected chi connectivity index (χ3v) is 5.85. The first-order chi connectivity index (χ1) is 13.4. The van der Waals surface area contributed by atoms with E-state index < -0.39 is 5.69 Å². The molecule has 0 N–H and O–H groups in total. The van der Waals surface area contributed by atoms with E-state index >= 15 is 0 Å². The Kier molecular flexibility index (Phi) is 4.64. The Hall–Kier alpha value is -2.78. The van der Waals surface area contributed by atoms with Crippen molar-refractivity contribution in [3.8, 4) is 0 Å². The molecule has 0 amide bonds. The van der Waals surface area contributed by atoms with Crippen LogP contribution in [0.3, 0.4) is 0 Å². The Bertz CT molecular complexity index is 1300. The van der Waals surface area contributed by atoms with Gasteiger partial charge in [-0.1, -0.05) is 23.7 Å². The smallest absolute Gasteiger partial charge is 0.329 e. The van der Waals surface area contributed by atoms with Crippen LogP contribution in [0.1, 0.15) is 5.56 Å². The van der Waals surface area contributed by atoms with Gasteiger partial charge < -0.3 is 9.13 Å². The van der Waals surface area contributed by atoms with Crippen molar-refractivity contribution in [1.82, 2.24) is 28.2 Å². The summed E-state index contributed by atoms with van der Waals surface area (Å²) < 4.78 is 6.17.